The number of hydrogen-bond acceptors (Lipinski definition) is 5. The van der Waals surface area contributed by atoms with Gasteiger partial charge in [0.1, 0.15) is 6.61 Å². The molecule has 1 heterocycles. The van der Waals surface area contributed by atoms with Crippen molar-refractivity contribution in [3.05, 3.63) is 70.7 Å². The minimum Gasteiger partial charge on any atom is -0.445 e. The van der Waals surface area contributed by atoms with E-state index in [0.717, 1.165) is 11.1 Å². The Morgan fingerprint density at radius 1 is 1.18 bits per heavy atom. The molecule has 0 saturated carbocycles. The van der Waals surface area contributed by atoms with Crippen molar-refractivity contribution in [1.29, 1.82) is 0 Å². The van der Waals surface area contributed by atoms with Gasteiger partial charge in [0.15, 0.2) is 0 Å². The van der Waals surface area contributed by atoms with Gasteiger partial charge in [0.2, 0.25) is 5.91 Å². The van der Waals surface area contributed by atoms with Gasteiger partial charge in [-0.3, -0.25) is 4.79 Å². The van der Waals surface area contributed by atoms with Gasteiger partial charge in [0.05, 0.1) is 11.6 Å². The van der Waals surface area contributed by atoms with Crippen LogP contribution in [0.2, 0.25) is 5.02 Å². The summed E-state index contributed by atoms with van der Waals surface area (Å²) in [5, 5.41) is 14.8. The first-order chi connectivity index (χ1) is 16.1. The van der Waals surface area contributed by atoms with Crippen LogP contribution >= 0.6 is 11.6 Å². The van der Waals surface area contributed by atoms with Crippen molar-refractivity contribution < 1.29 is 19.4 Å². The number of benzene rings is 2. The molecule has 1 aliphatic heterocycles. The highest BCUT2D eigenvalue weighted by molar-refractivity contribution is 6.30. The average Bonchev–Trinajstić information content (AvgIpc) is 2.82. The van der Waals surface area contributed by atoms with Crippen molar-refractivity contribution in [2.75, 3.05) is 19.6 Å². The van der Waals surface area contributed by atoms with Crippen molar-refractivity contribution in [1.82, 2.24) is 10.2 Å². The Labute approximate surface area is 206 Å². The van der Waals surface area contributed by atoms with Crippen molar-refractivity contribution in [3.8, 4) is 0 Å². The standard InChI is InChI=1S/C26H34ClN3O4/c1-25(2)18-30(16-14-26(25,33)20-10-12-21(27)13-11-20)23(31)22(28)9-6-15-29-24(32)34-17-19-7-4-3-5-8-19/h3-5,7-8,10-13,22,33H,6,9,14-18,28H2,1-2H3,(H,29,32)/t22-,26+/m1/s1. The van der Waals surface area contributed by atoms with Crippen LogP contribution in [0.25, 0.3) is 0 Å². The molecule has 2 amide bonds. The zero-order valence-corrected chi connectivity index (χ0v) is 20.6. The summed E-state index contributed by atoms with van der Waals surface area (Å²) in [5.74, 6) is -0.141. The van der Waals surface area contributed by atoms with E-state index in [-0.39, 0.29) is 12.5 Å². The lowest BCUT2D eigenvalue weighted by atomic mass is 9.66. The van der Waals surface area contributed by atoms with Gasteiger partial charge in [0.25, 0.3) is 0 Å². The highest BCUT2D eigenvalue weighted by atomic mass is 35.5. The number of carbonyl (C=O) groups excluding carboxylic acids is 2. The molecule has 8 heteroatoms. The second-order valence-electron chi connectivity index (χ2n) is 9.50. The Balaban J connectivity index is 1.43. The van der Waals surface area contributed by atoms with E-state index in [2.05, 4.69) is 5.32 Å². The van der Waals surface area contributed by atoms with E-state index in [1.807, 2.05) is 56.3 Å². The maximum Gasteiger partial charge on any atom is 0.407 e. The first-order valence-electron chi connectivity index (χ1n) is 11.6. The van der Waals surface area contributed by atoms with Gasteiger partial charge in [0, 0.05) is 30.1 Å². The van der Waals surface area contributed by atoms with Crippen LogP contribution in [0.5, 0.6) is 0 Å². The Hall–Kier alpha value is -2.61. The summed E-state index contributed by atoms with van der Waals surface area (Å²) in [6.45, 7) is 5.30. The van der Waals surface area contributed by atoms with Crippen LogP contribution < -0.4 is 11.1 Å². The monoisotopic (exact) mass is 487 g/mol. The highest BCUT2D eigenvalue weighted by Gasteiger charge is 2.49. The lowest BCUT2D eigenvalue weighted by Gasteiger charge is -2.51. The number of amides is 2. The van der Waals surface area contributed by atoms with Crippen LogP contribution in [0, 0.1) is 5.41 Å². The molecule has 2 aromatic rings. The van der Waals surface area contributed by atoms with Crippen LogP contribution in [0.4, 0.5) is 4.79 Å². The van der Waals surface area contributed by atoms with Gasteiger partial charge in [-0.1, -0.05) is 67.9 Å². The highest BCUT2D eigenvalue weighted by Crippen LogP contribution is 2.46. The summed E-state index contributed by atoms with van der Waals surface area (Å²) in [5.41, 5.74) is 6.24. The quantitative estimate of drug-likeness (QED) is 0.491. The summed E-state index contributed by atoms with van der Waals surface area (Å²) >= 11 is 6.00. The Morgan fingerprint density at radius 2 is 1.85 bits per heavy atom. The van der Waals surface area contributed by atoms with E-state index >= 15 is 0 Å². The van der Waals surface area contributed by atoms with Gasteiger partial charge < -0.3 is 25.8 Å². The number of alkyl carbamates (subject to hydrolysis) is 1. The van der Waals surface area contributed by atoms with E-state index < -0.39 is 23.2 Å². The number of piperidine rings is 1. The number of aliphatic hydroxyl groups is 1. The number of rotatable bonds is 8. The predicted molar refractivity (Wildman–Crippen MR) is 132 cm³/mol. The number of likely N-dealkylation sites (tertiary alicyclic amines) is 1. The Kier molecular flexibility index (Phi) is 8.57. The number of hydrogen-bond donors (Lipinski definition) is 3. The minimum atomic E-state index is -1.07. The fourth-order valence-corrected chi connectivity index (χ4v) is 4.54. The Bertz CT molecular complexity index is 968. The third kappa shape index (κ3) is 6.29. The molecule has 184 valence electrons. The molecule has 1 saturated heterocycles. The Morgan fingerprint density at radius 3 is 2.50 bits per heavy atom. The number of nitrogens with zero attached hydrogens (tertiary/aromatic N) is 1. The number of nitrogens with two attached hydrogens (primary N) is 1. The molecule has 1 fully saturated rings. The number of halogens is 1. The van der Waals surface area contributed by atoms with Gasteiger partial charge in [-0.2, -0.15) is 0 Å². The van der Waals surface area contributed by atoms with Crippen LogP contribution in [-0.4, -0.2) is 47.7 Å². The zero-order chi connectivity index (χ0) is 24.8. The molecule has 1 aliphatic rings. The van der Waals surface area contributed by atoms with E-state index in [0.29, 0.717) is 43.9 Å². The molecule has 4 N–H and O–H groups in total. The molecule has 0 bridgehead atoms. The summed E-state index contributed by atoms with van der Waals surface area (Å²) in [6, 6.07) is 16.0. The van der Waals surface area contributed by atoms with Gasteiger partial charge >= 0.3 is 6.09 Å². The molecule has 0 aromatic heterocycles. The van der Waals surface area contributed by atoms with E-state index in [1.165, 1.54) is 0 Å². The first-order valence-corrected chi connectivity index (χ1v) is 12.0. The van der Waals surface area contributed by atoms with Gasteiger partial charge in [-0.15, -0.1) is 0 Å². The average molecular weight is 488 g/mol. The smallest absolute Gasteiger partial charge is 0.407 e. The predicted octanol–water partition coefficient (Wildman–Crippen LogP) is 3.82. The van der Waals surface area contributed by atoms with Crippen LogP contribution in [0.3, 0.4) is 0 Å². The normalized spacial score (nSPS) is 20.4. The second kappa shape index (κ2) is 11.2. The van der Waals surface area contributed by atoms with Crippen molar-refractivity contribution in [2.45, 2.75) is 51.4 Å². The molecule has 7 nitrogen and oxygen atoms in total. The SMILES string of the molecule is CC1(C)CN(C(=O)[C@H](N)CCCNC(=O)OCc2ccccc2)CC[C@]1(O)c1ccc(Cl)cc1. The molecular weight excluding hydrogens is 454 g/mol. The molecule has 0 aliphatic carbocycles. The van der Waals surface area contributed by atoms with E-state index in [4.69, 9.17) is 22.1 Å². The maximum absolute atomic E-state index is 13.0. The number of carbonyl (C=O) groups is 2. The molecule has 0 unspecified atom stereocenters. The number of ether oxygens (including phenoxy) is 1. The number of nitrogens with one attached hydrogen (secondary N) is 1. The van der Waals surface area contributed by atoms with Crippen LogP contribution in [-0.2, 0) is 21.7 Å². The summed E-state index contributed by atoms with van der Waals surface area (Å²) in [7, 11) is 0. The molecule has 2 aromatic carbocycles. The molecule has 2 atom stereocenters. The summed E-state index contributed by atoms with van der Waals surface area (Å²) in [6.07, 6.45) is 0.910. The minimum absolute atomic E-state index is 0.141. The van der Waals surface area contributed by atoms with Crippen molar-refractivity contribution in [2.24, 2.45) is 11.1 Å². The third-order valence-electron chi connectivity index (χ3n) is 6.57. The molecule has 0 radical (unpaired) electrons. The van der Waals surface area contributed by atoms with Crippen molar-refractivity contribution >= 4 is 23.6 Å². The van der Waals surface area contributed by atoms with E-state index in [9.17, 15) is 14.7 Å². The van der Waals surface area contributed by atoms with Gasteiger partial charge in [-0.25, -0.2) is 4.79 Å². The first kappa shape index (κ1) is 26.0. The molecule has 3 rings (SSSR count). The molecule has 0 spiro atoms. The summed E-state index contributed by atoms with van der Waals surface area (Å²) in [4.78, 5) is 26.5. The molecule has 34 heavy (non-hydrogen) atoms. The topological polar surface area (TPSA) is 105 Å². The zero-order valence-electron chi connectivity index (χ0n) is 19.8. The maximum atomic E-state index is 13.0. The van der Waals surface area contributed by atoms with E-state index in [1.54, 1.807) is 17.0 Å². The lowest BCUT2D eigenvalue weighted by Crippen LogP contribution is -2.59. The second-order valence-corrected chi connectivity index (χ2v) is 9.93. The van der Waals surface area contributed by atoms with Gasteiger partial charge in [-0.05, 0) is 42.5 Å². The third-order valence-corrected chi connectivity index (χ3v) is 6.83. The largest absolute Gasteiger partial charge is 0.445 e. The molecular formula is C26H34ClN3O4. The van der Waals surface area contributed by atoms with Crippen LogP contribution in [0.15, 0.2) is 54.6 Å². The lowest BCUT2D eigenvalue weighted by molar-refractivity contribution is -0.154. The van der Waals surface area contributed by atoms with Crippen molar-refractivity contribution in [3.63, 3.8) is 0 Å². The fraction of sp³-hybridized carbons (Fsp3) is 0.462. The summed E-state index contributed by atoms with van der Waals surface area (Å²) < 4.78 is 5.18. The van der Waals surface area contributed by atoms with Crippen LogP contribution in [0.1, 0.15) is 44.2 Å². The fourth-order valence-electron chi connectivity index (χ4n) is 4.42.